The van der Waals surface area contributed by atoms with Gasteiger partial charge in [-0.2, -0.15) is 0 Å². The van der Waals surface area contributed by atoms with Crippen LogP contribution < -0.4 is 0 Å². The molecule has 2 aliphatic carbocycles. The maximum atomic E-state index is 6.01. The maximum absolute atomic E-state index is 6.01. The van der Waals surface area contributed by atoms with Gasteiger partial charge in [-0.1, -0.05) is 43.7 Å². The van der Waals surface area contributed by atoms with E-state index < -0.39 is 0 Å². The number of aromatic nitrogens is 1. The lowest BCUT2D eigenvalue weighted by molar-refractivity contribution is 0.620. The highest BCUT2D eigenvalue weighted by molar-refractivity contribution is 7.26. The van der Waals surface area contributed by atoms with Crippen molar-refractivity contribution in [3.8, 4) is 22.6 Å². The first-order valence-electron chi connectivity index (χ1n) is 12.7. The smallest absolute Gasteiger partial charge is 0.227 e. The van der Waals surface area contributed by atoms with Crippen molar-refractivity contribution in [1.82, 2.24) is 4.98 Å². The molecule has 0 radical (unpaired) electrons. The van der Waals surface area contributed by atoms with Crippen LogP contribution in [0.5, 0.6) is 0 Å². The number of benzene rings is 4. The van der Waals surface area contributed by atoms with Gasteiger partial charge in [0.15, 0.2) is 5.58 Å². The number of nitrogens with zero attached hydrogens (tertiary/aromatic N) is 1. The minimum absolute atomic E-state index is 0.681. The highest BCUT2D eigenvalue weighted by Gasteiger charge is 2.64. The van der Waals surface area contributed by atoms with Gasteiger partial charge in [0.05, 0.1) is 0 Å². The Balaban J connectivity index is 1.27. The van der Waals surface area contributed by atoms with Crippen LogP contribution in [0.1, 0.15) is 36.8 Å². The van der Waals surface area contributed by atoms with Gasteiger partial charge in [0, 0.05) is 25.7 Å². The Kier molecular flexibility index (Phi) is 4.13. The van der Waals surface area contributed by atoms with Gasteiger partial charge in [0.25, 0.3) is 0 Å². The second-order valence-corrected chi connectivity index (χ2v) is 11.3. The van der Waals surface area contributed by atoms with E-state index in [4.69, 9.17) is 4.42 Å². The van der Waals surface area contributed by atoms with Crippen LogP contribution in [-0.2, 0) is 6.42 Å². The molecule has 35 heavy (non-hydrogen) atoms. The molecule has 6 aromatic rings. The number of thiophene rings is 1. The molecule has 0 amide bonds. The highest BCUT2D eigenvalue weighted by atomic mass is 32.1. The molecule has 0 saturated heterocycles. The van der Waals surface area contributed by atoms with E-state index in [2.05, 4.69) is 66.5 Å². The minimum atomic E-state index is 0.681. The third-order valence-electron chi connectivity index (χ3n) is 7.99. The van der Waals surface area contributed by atoms with Crippen molar-refractivity contribution >= 4 is 42.6 Å². The van der Waals surface area contributed by atoms with E-state index in [1.54, 1.807) is 0 Å². The Morgan fingerprint density at radius 1 is 0.886 bits per heavy atom. The topological polar surface area (TPSA) is 26.0 Å². The van der Waals surface area contributed by atoms with Crippen LogP contribution in [0.25, 0.3) is 53.9 Å². The fourth-order valence-electron chi connectivity index (χ4n) is 5.86. The van der Waals surface area contributed by atoms with Gasteiger partial charge in [-0.25, -0.2) is 4.98 Å². The summed E-state index contributed by atoms with van der Waals surface area (Å²) in [7, 11) is 0. The quantitative estimate of drug-likeness (QED) is 0.250. The van der Waals surface area contributed by atoms with E-state index in [1.165, 1.54) is 55.3 Å². The van der Waals surface area contributed by atoms with Crippen molar-refractivity contribution < 1.29 is 4.42 Å². The second kappa shape index (κ2) is 7.29. The van der Waals surface area contributed by atoms with Crippen LogP contribution in [0.3, 0.4) is 0 Å². The van der Waals surface area contributed by atoms with Crippen molar-refractivity contribution in [2.45, 2.75) is 32.1 Å². The molecular formula is C32H25NOS. The van der Waals surface area contributed by atoms with Crippen LogP contribution in [0.4, 0.5) is 0 Å². The van der Waals surface area contributed by atoms with Crippen LogP contribution in [-0.4, -0.2) is 4.98 Å². The minimum Gasteiger partial charge on any atom is -0.436 e. The average Bonchev–Trinajstić information content (AvgIpc) is 3.72. The maximum Gasteiger partial charge on any atom is 0.227 e. The molecule has 2 atom stereocenters. The summed E-state index contributed by atoms with van der Waals surface area (Å²) in [6.07, 6.45) is 3.76. The summed E-state index contributed by atoms with van der Waals surface area (Å²) in [5.74, 6) is 3.36. The molecule has 2 aliphatic rings. The Hall–Kier alpha value is -3.43. The summed E-state index contributed by atoms with van der Waals surface area (Å²) in [6, 6.07) is 28.8. The molecule has 4 aromatic carbocycles. The predicted octanol–water partition coefficient (Wildman–Crippen LogP) is 9.22. The largest absolute Gasteiger partial charge is 0.436 e. The van der Waals surface area contributed by atoms with E-state index in [0.29, 0.717) is 5.89 Å². The van der Waals surface area contributed by atoms with Crippen molar-refractivity contribution in [2.75, 3.05) is 0 Å². The monoisotopic (exact) mass is 471 g/mol. The number of fused-ring (bicyclic) bond motifs is 5. The molecule has 2 unspecified atom stereocenters. The number of aryl methyl sites for hydroxylation is 1. The van der Waals surface area contributed by atoms with E-state index in [1.807, 2.05) is 35.6 Å². The molecule has 2 heterocycles. The zero-order valence-electron chi connectivity index (χ0n) is 19.6. The molecule has 0 N–H and O–H groups in total. The van der Waals surface area contributed by atoms with Gasteiger partial charge in [0.2, 0.25) is 5.89 Å². The Morgan fingerprint density at radius 2 is 1.71 bits per heavy atom. The van der Waals surface area contributed by atoms with Crippen LogP contribution in [0.15, 0.2) is 83.3 Å². The summed E-state index contributed by atoms with van der Waals surface area (Å²) in [4.78, 5) is 4.68. The summed E-state index contributed by atoms with van der Waals surface area (Å²) in [5, 5.41) is 2.86. The summed E-state index contributed by atoms with van der Waals surface area (Å²) < 4.78 is 8.80. The van der Waals surface area contributed by atoms with Crippen molar-refractivity contribution in [3.63, 3.8) is 0 Å². The number of rotatable bonds is 5. The second-order valence-electron chi connectivity index (χ2n) is 10.3. The molecule has 2 saturated carbocycles. The zero-order chi connectivity index (χ0) is 23.1. The van der Waals surface area contributed by atoms with Crippen molar-refractivity contribution in [2.24, 2.45) is 11.8 Å². The van der Waals surface area contributed by atoms with Crippen LogP contribution in [0.2, 0.25) is 0 Å². The molecule has 8 rings (SSSR count). The molecule has 3 heteroatoms. The van der Waals surface area contributed by atoms with Gasteiger partial charge in [-0.3, -0.25) is 0 Å². The van der Waals surface area contributed by atoms with Gasteiger partial charge < -0.3 is 4.42 Å². The van der Waals surface area contributed by atoms with E-state index >= 15 is 0 Å². The third kappa shape index (κ3) is 3.11. The third-order valence-corrected chi connectivity index (χ3v) is 9.21. The molecule has 2 nitrogen and oxygen atoms in total. The van der Waals surface area contributed by atoms with Gasteiger partial charge in [-0.15, -0.1) is 11.3 Å². The van der Waals surface area contributed by atoms with Crippen molar-refractivity contribution in [3.05, 3.63) is 90.0 Å². The Bertz CT molecular complexity index is 1720. The number of para-hydroxylation sites is 2. The lowest BCUT2D eigenvalue weighted by Gasteiger charge is -2.11. The van der Waals surface area contributed by atoms with Gasteiger partial charge in [0.1, 0.15) is 5.52 Å². The first-order chi connectivity index (χ1) is 17.3. The first-order valence-corrected chi connectivity index (χ1v) is 13.5. The molecule has 0 bridgehead atoms. The molecule has 2 aromatic heterocycles. The Morgan fingerprint density at radius 3 is 2.49 bits per heavy atom. The van der Waals surface area contributed by atoms with Crippen LogP contribution >= 0.6 is 11.3 Å². The fourth-order valence-corrected chi connectivity index (χ4v) is 7.06. The molecule has 0 aliphatic heterocycles. The molecular weight excluding hydrogens is 446 g/mol. The average molecular weight is 472 g/mol. The lowest BCUT2D eigenvalue weighted by Crippen LogP contribution is -1.91. The standard InChI is InChI=1S/C32H25NOS/c1-2-5-18-8-13-29-23(14-18)26-16-21(30-24-17-25(24)30)15-22(31(26)35-29)19-9-11-20(12-10-19)32-33-27-6-3-4-7-28(27)34-32/h3-4,6-16,24-25,30H,2,5,17H2,1H3. The molecule has 0 spiro atoms. The normalized spacial score (nSPS) is 20.5. The van der Waals surface area contributed by atoms with E-state index in [0.717, 1.165) is 40.8 Å². The number of oxazole rings is 1. The van der Waals surface area contributed by atoms with Crippen molar-refractivity contribution in [1.29, 1.82) is 0 Å². The molecule has 170 valence electrons. The number of hydrogen-bond donors (Lipinski definition) is 0. The lowest BCUT2D eigenvalue weighted by atomic mass is 9.94. The summed E-state index contributed by atoms with van der Waals surface area (Å²) >= 11 is 1.94. The first kappa shape index (κ1) is 19.8. The molecule has 2 fully saturated rings. The number of hydrogen-bond acceptors (Lipinski definition) is 3. The van der Waals surface area contributed by atoms with E-state index in [9.17, 15) is 0 Å². The fraction of sp³-hybridized carbons (Fsp3) is 0.219. The highest BCUT2D eigenvalue weighted by Crippen LogP contribution is 2.73. The SMILES string of the molecule is CCCc1ccc2sc3c(-c4ccc(-c5nc6ccccc6o5)cc4)cc(C4C5CC54)cc3c2c1. The van der Waals surface area contributed by atoms with Gasteiger partial charge in [-0.05, 0) is 101 Å². The van der Waals surface area contributed by atoms with E-state index in [-0.39, 0.29) is 0 Å². The van der Waals surface area contributed by atoms with Gasteiger partial charge >= 0.3 is 0 Å². The summed E-state index contributed by atoms with van der Waals surface area (Å²) in [6.45, 7) is 2.26. The van der Waals surface area contributed by atoms with Crippen LogP contribution in [0, 0.1) is 11.8 Å². The summed E-state index contributed by atoms with van der Waals surface area (Å²) in [5.41, 5.74) is 8.37. The predicted molar refractivity (Wildman–Crippen MR) is 146 cm³/mol. The zero-order valence-corrected chi connectivity index (χ0v) is 20.4. The Labute approximate surface area is 208 Å².